The minimum Gasteiger partial charge on any atom is -0.496 e. The van der Waals surface area contributed by atoms with Gasteiger partial charge in [0.2, 0.25) is 0 Å². The summed E-state index contributed by atoms with van der Waals surface area (Å²) >= 11 is 0. The fourth-order valence-corrected chi connectivity index (χ4v) is 3.73. The molecule has 0 radical (unpaired) electrons. The van der Waals surface area contributed by atoms with Crippen LogP contribution in [0, 0.1) is 0 Å². The number of ether oxygens (including phenoxy) is 1. The maximum atomic E-state index is 5.91. The van der Waals surface area contributed by atoms with Gasteiger partial charge < -0.3 is 15.0 Å². The Labute approximate surface area is 118 Å². The molecule has 19 heavy (non-hydrogen) atoms. The van der Waals surface area contributed by atoms with Crippen molar-refractivity contribution in [2.75, 3.05) is 27.2 Å². The van der Waals surface area contributed by atoms with Crippen LogP contribution >= 0.6 is 0 Å². The summed E-state index contributed by atoms with van der Waals surface area (Å²) in [6.07, 6.45) is 11.4. The van der Waals surface area contributed by atoms with Crippen LogP contribution in [-0.4, -0.2) is 43.7 Å². The third-order valence-corrected chi connectivity index (χ3v) is 4.82. The van der Waals surface area contributed by atoms with E-state index in [2.05, 4.69) is 37.3 Å². The Bertz CT molecular complexity index is 304. The molecule has 0 spiro atoms. The molecule has 1 atom stereocenters. The van der Waals surface area contributed by atoms with Crippen molar-refractivity contribution in [3.8, 4) is 0 Å². The van der Waals surface area contributed by atoms with Gasteiger partial charge in [0.05, 0.1) is 12.6 Å². The Morgan fingerprint density at radius 3 is 2.42 bits per heavy atom. The van der Waals surface area contributed by atoms with E-state index in [-0.39, 0.29) is 5.54 Å². The van der Waals surface area contributed by atoms with Gasteiger partial charge in [0, 0.05) is 12.0 Å². The molecule has 1 aliphatic heterocycles. The Balaban J connectivity index is 2.26. The molecular formula is C16H30N2O. The molecule has 1 aliphatic carbocycles. The van der Waals surface area contributed by atoms with Gasteiger partial charge >= 0.3 is 0 Å². The van der Waals surface area contributed by atoms with Crippen molar-refractivity contribution in [1.29, 1.82) is 0 Å². The zero-order valence-electron chi connectivity index (χ0n) is 12.9. The first-order chi connectivity index (χ1) is 9.20. The van der Waals surface area contributed by atoms with Gasteiger partial charge in [-0.2, -0.15) is 0 Å². The van der Waals surface area contributed by atoms with Crippen molar-refractivity contribution in [1.82, 2.24) is 10.2 Å². The van der Waals surface area contributed by atoms with Crippen LogP contribution in [0.25, 0.3) is 0 Å². The van der Waals surface area contributed by atoms with Gasteiger partial charge in [-0.1, -0.05) is 32.6 Å². The van der Waals surface area contributed by atoms with Crippen LogP contribution in [0.1, 0.15) is 51.9 Å². The van der Waals surface area contributed by atoms with E-state index in [1.807, 2.05) is 0 Å². The number of nitrogens with zero attached hydrogens (tertiary/aromatic N) is 1. The van der Waals surface area contributed by atoms with E-state index in [0.29, 0.717) is 6.04 Å². The van der Waals surface area contributed by atoms with Crippen molar-refractivity contribution in [2.24, 2.45) is 0 Å². The van der Waals surface area contributed by atoms with E-state index in [4.69, 9.17) is 4.74 Å². The normalized spacial score (nSPS) is 24.7. The molecule has 110 valence electrons. The van der Waals surface area contributed by atoms with Gasteiger partial charge in [-0.15, -0.1) is 0 Å². The monoisotopic (exact) mass is 266 g/mol. The van der Waals surface area contributed by atoms with Crippen molar-refractivity contribution < 1.29 is 4.74 Å². The highest BCUT2D eigenvalue weighted by Gasteiger charge is 2.43. The lowest BCUT2D eigenvalue weighted by Gasteiger charge is -2.46. The van der Waals surface area contributed by atoms with E-state index in [1.54, 1.807) is 0 Å². The molecule has 0 amide bonds. The topological polar surface area (TPSA) is 24.5 Å². The zero-order chi connectivity index (χ0) is 13.7. The van der Waals surface area contributed by atoms with Crippen LogP contribution in [0.15, 0.2) is 11.8 Å². The first-order valence-electron chi connectivity index (χ1n) is 7.94. The summed E-state index contributed by atoms with van der Waals surface area (Å²) in [5.74, 6) is 1.19. The largest absolute Gasteiger partial charge is 0.496 e. The fraction of sp³-hybridized carbons (Fsp3) is 0.875. The van der Waals surface area contributed by atoms with Crippen LogP contribution in [0.4, 0.5) is 0 Å². The predicted octanol–water partition coefficient (Wildman–Crippen LogP) is 2.92. The lowest BCUT2D eigenvalue weighted by Crippen LogP contribution is -2.59. The molecule has 1 unspecified atom stereocenters. The van der Waals surface area contributed by atoms with Gasteiger partial charge in [0.1, 0.15) is 5.76 Å². The molecule has 3 heteroatoms. The Kier molecular flexibility index (Phi) is 5.28. The van der Waals surface area contributed by atoms with Gasteiger partial charge in [-0.05, 0) is 39.6 Å². The van der Waals surface area contributed by atoms with E-state index in [1.165, 1.54) is 44.3 Å². The van der Waals surface area contributed by atoms with Gasteiger partial charge in [0.15, 0.2) is 0 Å². The van der Waals surface area contributed by atoms with Gasteiger partial charge in [-0.25, -0.2) is 0 Å². The zero-order valence-corrected chi connectivity index (χ0v) is 12.9. The Morgan fingerprint density at radius 2 is 1.95 bits per heavy atom. The highest BCUT2D eigenvalue weighted by molar-refractivity contribution is 5.17. The first kappa shape index (κ1) is 14.9. The van der Waals surface area contributed by atoms with Crippen LogP contribution < -0.4 is 5.32 Å². The first-order valence-corrected chi connectivity index (χ1v) is 7.94. The number of nitrogens with one attached hydrogen (secondary N) is 1. The number of likely N-dealkylation sites (N-methyl/N-ethyl adjacent to an activating group) is 2. The standard InChI is InChI=1S/C16H30N2O/c1-4-17-15(14-10-9-13-19-14)16(18(2)3)11-7-5-6-8-12-16/h10,15,17H,4-9,11-13H2,1-3H3. The molecule has 0 aromatic heterocycles. The SMILES string of the molecule is CCNC(C1=CCCO1)C1(N(C)C)CCCCCC1. The van der Waals surface area contributed by atoms with Crippen molar-refractivity contribution in [2.45, 2.75) is 63.5 Å². The molecule has 1 fully saturated rings. The lowest BCUT2D eigenvalue weighted by atomic mass is 9.80. The minimum atomic E-state index is 0.225. The molecular weight excluding hydrogens is 236 g/mol. The average Bonchev–Trinajstić information content (AvgIpc) is 2.80. The summed E-state index contributed by atoms with van der Waals surface area (Å²) in [5.41, 5.74) is 0.225. The molecule has 0 aromatic carbocycles. The van der Waals surface area contributed by atoms with E-state index in [0.717, 1.165) is 19.6 Å². The van der Waals surface area contributed by atoms with E-state index < -0.39 is 0 Å². The van der Waals surface area contributed by atoms with Crippen LogP contribution in [-0.2, 0) is 4.74 Å². The highest BCUT2D eigenvalue weighted by Crippen LogP contribution is 2.37. The summed E-state index contributed by atoms with van der Waals surface area (Å²) in [5, 5.41) is 3.71. The van der Waals surface area contributed by atoms with Crippen LogP contribution in [0.3, 0.4) is 0 Å². The summed E-state index contributed by atoms with van der Waals surface area (Å²) in [6.45, 7) is 4.06. The van der Waals surface area contributed by atoms with Gasteiger partial charge in [-0.3, -0.25) is 0 Å². The predicted molar refractivity (Wildman–Crippen MR) is 80.2 cm³/mol. The lowest BCUT2D eigenvalue weighted by molar-refractivity contribution is 0.0664. The molecule has 0 bridgehead atoms. The number of hydrogen-bond acceptors (Lipinski definition) is 3. The highest BCUT2D eigenvalue weighted by atomic mass is 16.5. The number of hydrogen-bond donors (Lipinski definition) is 1. The van der Waals surface area contributed by atoms with Gasteiger partial charge in [0.25, 0.3) is 0 Å². The molecule has 1 saturated carbocycles. The average molecular weight is 266 g/mol. The Morgan fingerprint density at radius 1 is 1.26 bits per heavy atom. The third kappa shape index (κ3) is 3.14. The second-order valence-corrected chi connectivity index (χ2v) is 6.15. The molecule has 0 saturated heterocycles. The van der Waals surface area contributed by atoms with Crippen molar-refractivity contribution in [3.05, 3.63) is 11.8 Å². The maximum Gasteiger partial charge on any atom is 0.111 e. The fourth-order valence-electron chi connectivity index (χ4n) is 3.73. The molecule has 1 N–H and O–H groups in total. The smallest absolute Gasteiger partial charge is 0.111 e. The van der Waals surface area contributed by atoms with Crippen LogP contribution in [0.5, 0.6) is 0 Å². The van der Waals surface area contributed by atoms with E-state index in [9.17, 15) is 0 Å². The minimum absolute atomic E-state index is 0.225. The second-order valence-electron chi connectivity index (χ2n) is 6.15. The summed E-state index contributed by atoms with van der Waals surface area (Å²) in [4.78, 5) is 2.45. The summed E-state index contributed by atoms with van der Waals surface area (Å²) in [7, 11) is 4.48. The summed E-state index contributed by atoms with van der Waals surface area (Å²) in [6, 6.07) is 0.355. The van der Waals surface area contributed by atoms with E-state index >= 15 is 0 Å². The Hall–Kier alpha value is -0.540. The number of rotatable bonds is 5. The molecule has 1 heterocycles. The second kappa shape index (κ2) is 6.76. The molecule has 3 nitrogen and oxygen atoms in total. The summed E-state index contributed by atoms with van der Waals surface area (Å²) < 4.78 is 5.91. The quantitative estimate of drug-likeness (QED) is 0.774. The molecule has 2 rings (SSSR count). The maximum absolute atomic E-state index is 5.91. The molecule has 0 aromatic rings. The van der Waals surface area contributed by atoms with Crippen LogP contribution in [0.2, 0.25) is 0 Å². The van der Waals surface area contributed by atoms with Crippen molar-refractivity contribution >= 4 is 0 Å². The molecule has 2 aliphatic rings. The van der Waals surface area contributed by atoms with Crippen molar-refractivity contribution in [3.63, 3.8) is 0 Å². The third-order valence-electron chi connectivity index (χ3n) is 4.82.